The van der Waals surface area contributed by atoms with Crippen molar-refractivity contribution < 1.29 is 9.66 Å². The lowest BCUT2D eigenvalue weighted by Crippen LogP contribution is -1.98. The molecule has 0 aliphatic carbocycles. The maximum Gasteiger partial charge on any atom is 0.273 e. The van der Waals surface area contributed by atoms with E-state index in [4.69, 9.17) is 4.74 Å². The molecule has 73 valence electrons. The maximum absolute atomic E-state index is 10.5. The first-order chi connectivity index (χ1) is 6.77. The molecule has 1 aliphatic rings. The van der Waals surface area contributed by atoms with Gasteiger partial charge in [-0.3, -0.25) is 15.4 Å². The van der Waals surface area contributed by atoms with Crippen molar-refractivity contribution in [1.29, 1.82) is 0 Å². The molecule has 1 aliphatic heterocycles. The smallest absolute Gasteiger partial charge is 0.273 e. The van der Waals surface area contributed by atoms with Gasteiger partial charge in [0.05, 0.1) is 23.3 Å². The number of rotatable bonds is 1. The van der Waals surface area contributed by atoms with E-state index in [9.17, 15) is 10.1 Å². The van der Waals surface area contributed by atoms with Crippen LogP contribution in [0.3, 0.4) is 0 Å². The van der Waals surface area contributed by atoms with Gasteiger partial charge in [0.2, 0.25) is 0 Å². The summed E-state index contributed by atoms with van der Waals surface area (Å²) < 4.78 is 5.34. The van der Waals surface area contributed by atoms with E-state index in [1.54, 1.807) is 6.07 Å². The molecule has 0 aromatic heterocycles. The summed E-state index contributed by atoms with van der Waals surface area (Å²) in [6.07, 6.45) is 0.850. The molecule has 0 bridgehead atoms. The van der Waals surface area contributed by atoms with E-state index >= 15 is 0 Å². The molecular formula is C9H9N2O3. The zero-order valence-electron chi connectivity index (χ0n) is 7.47. The molecule has 0 atom stereocenters. The van der Waals surface area contributed by atoms with Gasteiger partial charge in [0.25, 0.3) is 5.69 Å². The van der Waals surface area contributed by atoms with Crippen LogP contribution in [0.25, 0.3) is 0 Å². The lowest BCUT2D eigenvalue weighted by Gasteiger charge is -2.04. The molecule has 1 aromatic rings. The lowest BCUT2D eigenvalue weighted by molar-refractivity contribution is -0.384. The molecule has 5 heteroatoms. The Hall–Kier alpha value is -1.78. The Morgan fingerprint density at radius 2 is 2.36 bits per heavy atom. The highest BCUT2D eigenvalue weighted by Gasteiger charge is 2.14. The summed E-state index contributed by atoms with van der Waals surface area (Å²) in [6.45, 7) is 1.28. The van der Waals surface area contributed by atoms with E-state index in [0.29, 0.717) is 24.6 Å². The monoisotopic (exact) mass is 193 g/mol. The third-order valence-electron chi connectivity index (χ3n) is 2.00. The number of ether oxygens (including phenoxy) is 1. The Bertz CT molecular complexity index is 365. The molecule has 0 amide bonds. The molecule has 0 spiro atoms. The van der Waals surface area contributed by atoms with Gasteiger partial charge in [-0.15, -0.1) is 0 Å². The Labute approximate surface area is 80.8 Å². The van der Waals surface area contributed by atoms with E-state index in [1.165, 1.54) is 12.1 Å². The quantitative estimate of drug-likeness (QED) is 0.502. The lowest BCUT2D eigenvalue weighted by atomic mass is 10.2. The molecule has 1 heterocycles. The van der Waals surface area contributed by atoms with Crippen molar-refractivity contribution in [2.24, 2.45) is 0 Å². The average Bonchev–Trinajstić information content (AvgIpc) is 2.41. The number of non-ortho nitro benzene ring substituents is 1. The molecule has 0 fully saturated rings. The van der Waals surface area contributed by atoms with Crippen LogP contribution in [0.1, 0.15) is 6.42 Å². The third kappa shape index (κ3) is 1.61. The molecule has 1 radical (unpaired) electrons. The number of benzene rings is 1. The van der Waals surface area contributed by atoms with Crippen molar-refractivity contribution in [3.63, 3.8) is 0 Å². The molecule has 0 N–H and O–H groups in total. The highest BCUT2D eigenvalue weighted by atomic mass is 16.6. The highest BCUT2D eigenvalue weighted by Crippen LogP contribution is 2.30. The van der Waals surface area contributed by atoms with Crippen molar-refractivity contribution in [3.8, 4) is 5.75 Å². The topological polar surface area (TPSA) is 66.5 Å². The SMILES string of the molecule is O=[N+]([O-])c1ccc2c(c1)OCCC[N]2. The minimum atomic E-state index is -0.436. The van der Waals surface area contributed by atoms with Gasteiger partial charge in [-0.2, -0.15) is 0 Å². The number of hydrogen-bond donors (Lipinski definition) is 0. The standard InChI is InChI=1S/C9H9N2O3/c12-11(13)7-2-3-8-9(6-7)14-5-1-4-10-8/h2-3,6H,1,4-5H2. The van der Waals surface area contributed by atoms with Crippen LogP contribution in [0.4, 0.5) is 11.4 Å². The highest BCUT2D eigenvalue weighted by molar-refractivity contribution is 5.56. The first-order valence-corrected chi connectivity index (χ1v) is 4.36. The van der Waals surface area contributed by atoms with Crippen LogP contribution < -0.4 is 10.1 Å². The van der Waals surface area contributed by atoms with E-state index < -0.39 is 4.92 Å². The number of fused-ring (bicyclic) bond motifs is 1. The summed E-state index contributed by atoms with van der Waals surface area (Å²) in [4.78, 5) is 10.1. The Balaban J connectivity index is 2.37. The molecule has 5 nitrogen and oxygen atoms in total. The van der Waals surface area contributed by atoms with E-state index in [-0.39, 0.29) is 5.69 Å². The van der Waals surface area contributed by atoms with Crippen LogP contribution in [0.15, 0.2) is 18.2 Å². The summed E-state index contributed by atoms with van der Waals surface area (Å²) in [7, 11) is 0. The van der Waals surface area contributed by atoms with Crippen molar-refractivity contribution >= 4 is 11.4 Å². The summed E-state index contributed by atoms with van der Waals surface area (Å²) in [6, 6.07) is 4.49. The van der Waals surface area contributed by atoms with Gasteiger partial charge >= 0.3 is 0 Å². The fourth-order valence-corrected chi connectivity index (χ4v) is 1.31. The van der Waals surface area contributed by atoms with Gasteiger partial charge < -0.3 is 4.74 Å². The zero-order chi connectivity index (χ0) is 9.97. The third-order valence-corrected chi connectivity index (χ3v) is 2.00. The summed E-state index contributed by atoms with van der Waals surface area (Å²) in [5.41, 5.74) is 0.744. The van der Waals surface area contributed by atoms with Gasteiger partial charge in [-0.25, -0.2) is 0 Å². The molecule has 0 unspecified atom stereocenters. The van der Waals surface area contributed by atoms with Crippen LogP contribution in [0.2, 0.25) is 0 Å². The average molecular weight is 193 g/mol. The van der Waals surface area contributed by atoms with Crippen LogP contribution in [0.5, 0.6) is 5.75 Å². The second-order valence-electron chi connectivity index (χ2n) is 2.99. The fourth-order valence-electron chi connectivity index (χ4n) is 1.31. The summed E-state index contributed by atoms with van der Waals surface area (Å²) in [5.74, 6) is 0.511. The second-order valence-corrected chi connectivity index (χ2v) is 2.99. The van der Waals surface area contributed by atoms with Crippen molar-refractivity contribution in [2.75, 3.05) is 13.2 Å². The second kappa shape index (κ2) is 3.53. The molecule has 0 saturated carbocycles. The van der Waals surface area contributed by atoms with Crippen LogP contribution >= 0.6 is 0 Å². The predicted molar refractivity (Wildman–Crippen MR) is 49.9 cm³/mol. The molecule has 1 aromatic carbocycles. The first kappa shape index (κ1) is 8.80. The molecule has 0 saturated heterocycles. The maximum atomic E-state index is 10.5. The number of nitrogens with zero attached hydrogens (tertiary/aromatic N) is 2. The Morgan fingerprint density at radius 1 is 1.50 bits per heavy atom. The van der Waals surface area contributed by atoms with E-state index in [1.807, 2.05) is 0 Å². The van der Waals surface area contributed by atoms with Gasteiger partial charge in [0.1, 0.15) is 0 Å². The van der Waals surface area contributed by atoms with Crippen molar-refractivity contribution in [3.05, 3.63) is 28.3 Å². The van der Waals surface area contributed by atoms with Crippen molar-refractivity contribution in [2.45, 2.75) is 6.42 Å². The minimum absolute atomic E-state index is 0.0425. The minimum Gasteiger partial charge on any atom is -0.491 e. The predicted octanol–water partition coefficient (Wildman–Crippen LogP) is 1.61. The van der Waals surface area contributed by atoms with Crippen molar-refractivity contribution in [1.82, 2.24) is 5.32 Å². The van der Waals surface area contributed by atoms with Crippen LogP contribution in [-0.4, -0.2) is 18.1 Å². The van der Waals surface area contributed by atoms with E-state index in [0.717, 1.165) is 6.42 Å². The van der Waals surface area contributed by atoms with E-state index in [2.05, 4.69) is 5.32 Å². The molecule has 14 heavy (non-hydrogen) atoms. The zero-order valence-corrected chi connectivity index (χ0v) is 7.47. The Morgan fingerprint density at radius 3 is 3.14 bits per heavy atom. The van der Waals surface area contributed by atoms with Crippen LogP contribution in [0, 0.1) is 10.1 Å². The first-order valence-electron chi connectivity index (χ1n) is 4.36. The Kier molecular flexibility index (Phi) is 2.22. The van der Waals surface area contributed by atoms with Gasteiger partial charge in [-0.1, -0.05) is 0 Å². The molecular weight excluding hydrogens is 184 g/mol. The summed E-state index contributed by atoms with van der Waals surface area (Å²) in [5, 5.41) is 14.7. The normalized spacial score (nSPS) is 14.6. The molecule has 2 rings (SSSR count). The van der Waals surface area contributed by atoms with Gasteiger partial charge in [0.15, 0.2) is 5.75 Å². The van der Waals surface area contributed by atoms with Gasteiger partial charge in [-0.05, 0) is 6.07 Å². The van der Waals surface area contributed by atoms with Crippen LogP contribution in [-0.2, 0) is 0 Å². The number of nitro benzene ring substituents is 1. The van der Waals surface area contributed by atoms with Gasteiger partial charge in [0, 0.05) is 19.0 Å². The number of hydrogen-bond acceptors (Lipinski definition) is 3. The number of nitro groups is 1. The largest absolute Gasteiger partial charge is 0.491 e. The fraction of sp³-hybridized carbons (Fsp3) is 0.333. The summed E-state index contributed by atoms with van der Waals surface area (Å²) >= 11 is 0.